The van der Waals surface area contributed by atoms with Crippen molar-refractivity contribution in [3.63, 3.8) is 0 Å². The molecule has 1 aromatic rings. The molecule has 3 nitrogen and oxygen atoms in total. The highest BCUT2D eigenvalue weighted by molar-refractivity contribution is 5.73. The van der Waals surface area contributed by atoms with Crippen LogP contribution in [0.4, 0.5) is 26.3 Å². The zero-order chi connectivity index (χ0) is 20.9. The van der Waals surface area contributed by atoms with Crippen molar-refractivity contribution in [1.82, 2.24) is 5.32 Å². The normalized spacial score (nSPS) is 18.3. The van der Waals surface area contributed by atoms with E-state index in [-0.39, 0.29) is 5.41 Å². The van der Waals surface area contributed by atoms with Crippen molar-refractivity contribution in [3.8, 4) is 0 Å². The van der Waals surface area contributed by atoms with E-state index in [2.05, 4.69) is 17.5 Å². The third kappa shape index (κ3) is 7.62. The molecule has 1 saturated heterocycles. The van der Waals surface area contributed by atoms with Gasteiger partial charge in [-0.25, -0.2) is 4.79 Å². The fraction of sp³-hybridized carbons (Fsp3) is 0.500. The number of rotatable bonds is 3. The second kappa shape index (κ2) is 8.77. The van der Waals surface area contributed by atoms with Crippen LogP contribution in [0.5, 0.6) is 0 Å². The Hall–Kier alpha value is -2.03. The number of alkyl halides is 6. The first kappa shape index (κ1) is 23.0. The zero-order valence-corrected chi connectivity index (χ0v) is 14.8. The molecule has 0 bridgehead atoms. The van der Waals surface area contributed by atoms with Gasteiger partial charge in [0.1, 0.15) is 0 Å². The molecule has 0 spiro atoms. The third-order valence-electron chi connectivity index (χ3n) is 4.08. The van der Waals surface area contributed by atoms with Crippen LogP contribution in [0.2, 0.25) is 0 Å². The molecule has 0 saturated carbocycles. The van der Waals surface area contributed by atoms with Crippen molar-refractivity contribution in [2.24, 2.45) is 5.92 Å². The fourth-order valence-electron chi connectivity index (χ4n) is 2.40. The molecule has 1 aromatic carbocycles. The van der Waals surface area contributed by atoms with E-state index in [0.717, 1.165) is 37.2 Å². The molecular formula is C18H21F6NO2. The molecule has 2 N–H and O–H groups in total. The molecule has 1 atom stereocenters. The van der Waals surface area contributed by atoms with Gasteiger partial charge in [-0.05, 0) is 36.6 Å². The summed E-state index contributed by atoms with van der Waals surface area (Å²) in [5.41, 5.74) is 0.0425. The number of carboxylic acid groups (broad SMARTS) is 1. The Balaban J connectivity index is 0.000000445. The Morgan fingerprint density at radius 1 is 1.07 bits per heavy atom. The van der Waals surface area contributed by atoms with E-state index in [1.807, 2.05) is 13.8 Å². The van der Waals surface area contributed by atoms with E-state index in [1.165, 1.54) is 0 Å². The Morgan fingerprint density at radius 2 is 1.56 bits per heavy atom. The highest BCUT2D eigenvalue weighted by Gasteiger charge is 2.38. The van der Waals surface area contributed by atoms with Crippen molar-refractivity contribution in [1.29, 1.82) is 0 Å². The lowest BCUT2D eigenvalue weighted by Crippen LogP contribution is -2.21. The van der Waals surface area contributed by atoms with Gasteiger partial charge in [-0.2, -0.15) is 26.3 Å². The van der Waals surface area contributed by atoms with Crippen LogP contribution >= 0.6 is 0 Å². The topological polar surface area (TPSA) is 49.3 Å². The molecule has 152 valence electrons. The number of hydrogen-bond donors (Lipinski definition) is 2. The molecule has 0 radical (unpaired) electrons. The van der Waals surface area contributed by atoms with Crippen LogP contribution in [0.1, 0.15) is 31.4 Å². The molecule has 9 heteroatoms. The minimum atomic E-state index is -5.08. The van der Waals surface area contributed by atoms with E-state index in [4.69, 9.17) is 9.90 Å². The van der Waals surface area contributed by atoms with Crippen LogP contribution in [0.15, 0.2) is 36.4 Å². The van der Waals surface area contributed by atoms with Crippen LogP contribution in [-0.4, -0.2) is 30.3 Å². The largest absolute Gasteiger partial charge is 0.490 e. The first-order valence-electron chi connectivity index (χ1n) is 8.11. The predicted molar refractivity (Wildman–Crippen MR) is 88.3 cm³/mol. The zero-order valence-electron chi connectivity index (χ0n) is 14.8. The molecule has 27 heavy (non-hydrogen) atoms. The summed E-state index contributed by atoms with van der Waals surface area (Å²) in [6.45, 7) is 6.07. The maximum Gasteiger partial charge on any atom is 0.490 e. The van der Waals surface area contributed by atoms with Gasteiger partial charge in [0.25, 0.3) is 0 Å². The van der Waals surface area contributed by atoms with Gasteiger partial charge in [-0.15, -0.1) is 0 Å². The van der Waals surface area contributed by atoms with Crippen molar-refractivity contribution < 1.29 is 36.2 Å². The molecular weight excluding hydrogens is 376 g/mol. The number of hydrogen-bond acceptors (Lipinski definition) is 2. The first-order valence-corrected chi connectivity index (χ1v) is 8.11. The molecule has 1 aliphatic heterocycles. The highest BCUT2D eigenvalue weighted by atomic mass is 19.4. The lowest BCUT2D eigenvalue weighted by atomic mass is 9.83. The summed E-state index contributed by atoms with van der Waals surface area (Å²) in [6.07, 6.45) is -3.95. The highest BCUT2D eigenvalue weighted by Crippen LogP contribution is 2.32. The lowest BCUT2D eigenvalue weighted by molar-refractivity contribution is -0.192. The summed E-state index contributed by atoms with van der Waals surface area (Å²) < 4.78 is 69.4. The number of allylic oxidation sites excluding steroid dienone is 1. The lowest BCUT2D eigenvalue weighted by Gasteiger charge is -2.22. The Bertz CT molecular complexity index is 641. The van der Waals surface area contributed by atoms with Crippen LogP contribution < -0.4 is 5.32 Å². The summed E-state index contributed by atoms with van der Waals surface area (Å²) in [6, 6.07) is 5.45. The standard InChI is InChI=1S/C16H20F3N.C2HF3O2/c1-15(2,9-7-12-8-10-20-11-12)13-3-5-14(6-4-13)16(17,18)19;3-2(4,5)1(6)7/h3-7,9,12,20H,8,10-11H2,1-2H3;(H,6,7). The van der Waals surface area contributed by atoms with Crippen molar-refractivity contribution in [3.05, 3.63) is 47.5 Å². The van der Waals surface area contributed by atoms with Gasteiger partial charge in [0.2, 0.25) is 0 Å². The number of carboxylic acids is 1. The second-order valence-corrected chi connectivity index (χ2v) is 6.71. The average molecular weight is 397 g/mol. The quantitative estimate of drug-likeness (QED) is 0.570. The summed E-state index contributed by atoms with van der Waals surface area (Å²) >= 11 is 0. The molecule has 1 fully saturated rings. The van der Waals surface area contributed by atoms with Crippen molar-refractivity contribution in [2.75, 3.05) is 13.1 Å². The van der Waals surface area contributed by atoms with Crippen LogP contribution in [0.3, 0.4) is 0 Å². The molecule has 2 rings (SSSR count). The molecule has 1 aliphatic rings. The molecule has 0 aliphatic carbocycles. The van der Waals surface area contributed by atoms with E-state index in [9.17, 15) is 26.3 Å². The van der Waals surface area contributed by atoms with Gasteiger partial charge < -0.3 is 10.4 Å². The molecule has 1 unspecified atom stereocenters. The number of carbonyl (C=O) groups is 1. The Kier molecular flexibility index (Phi) is 7.48. The van der Waals surface area contributed by atoms with Gasteiger partial charge in [-0.3, -0.25) is 0 Å². The number of nitrogens with one attached hydrogen (secondary N) is 1. The van der Waals surface area contributed by atoms with E-state index in [0.29, 0.717) is 5.92 Å². The number of benzene rings is 1. The maximum atomic E-state index is 12.5. The van der Waals surface area contributed by atoms with Gasteiger partial charge in [0.15, 0.2) is 0 Å². The molecule has 0 amide bonds. The second-order valence-electron chi connectivity index (χ2n) is 6.71. The SMILES string of the molecule is CC(C)(C=CC1CCNC1)c1ccc(C(F)(F)F)cc1.O=C(O)C(F)(F)F. The van der Waals surface area contributed by atoms with Crippen molar-refractivity contribution in [2.45, 2.75) is 38.0 Å². The van der Waals surface area contributed by atoms with Crippen molar-refractivity contribution >= 4 is 5.97 Å². The van der Waals surface area contributed by atoms with Crippen LogP contribution in [0.25, 0.3) is 0 Å². The van der Waals surface area contributed by atoms with E-state index >= 15 is 0 Å². The smallest absolute Gasteiger partial charge is 0.475 e. The average Bonchev–Trinajstić information content (AvgIpc) is 3.05. The van der Waals surface area contributed by atoms with E-state index < -0.39 is 23.9 Å². The monoisotopic (exact) mass is 397 g/mol. The van der Waals surface area contributed by atoms with Crippen LogP contribution in [-0.2, 0) is 16.4 Å². The Morgan fingerprint density at radius 3 is 1.93 bits per heavy atom. The van der Waals surface area contributed by atoms with Crippen LogP contribution in [0, 0.1) is 5.92 Å². The first-order chi connectivity index (χ1) is 12.2. The molecule has 0 aromatic heterocycles. The summed E-state index contributed by atoms with van der Waals surface area (Å²) in [4.78, 5) is 8.90. The van der Waals surface area contributed by atoms with Gasteiger partial charge >= 0.3 is 18.3 Å². The molecule has 1 heterocycles. The van der Waals surface area contributed by atoms with Gasteiger partial charge in [0.05, 0.1) is 5.56 Å². The minimum absolute atomic E-state index is 0.257. The summed E-state index contributed by atoms with van der Waals surface area (Å²) in [5, 5.41) is 10.4. The Labute approximate surface area is 153 Å². The summed E-state index contributed by atoms with van der Waals surface area (Å²) in [7, 11) is 0. The third-order valence-corrected chi connectivity index (χ3v) is 4.08. The summed E-state index contributed by atoms with van der Waals surface area (Å²) in [5.74, 6) is -2.23. The van der Waals surface area contributed by atoms with Gasteiger partial charge in [0, 0.05) is 12.0 Å². The fourth-order valence-corrected chi connectivity index (χ4v) is 2.40. The number of halogens is 6. The van der Waals surface area contributed by atoms with E-state index in [1.54, 1.807) is 12.1 Å². The van der Waals surface area contributed by atoms with Gasteiger partial charge in [-0.1, -0.05) is 38.1 Å². The maximum absolute atomic E-state index is 12.5. The number of aliphatic carboxylic acids is 1. The minimum Gasteiger partial charge on any atom is -0.475 e. The predicted octanol–water partition coefficient (Wildman–Crippen LogP) is 4.78.